The molecule has 0 aromatic carbocycles. The van der Waals surface area contributed by atoms with Gasteiger partial charge in [0.05, 0.1) is 18.2 Å². The van der Waals surface area contributed by atoms with Crippen LogP contribution in [0.4, 0.5) is 0 Å². The van der Waals surface area contributed by atoms with Crippen LogP contribution in [0.15, 0.2) is 30.1 Å². The average Bonchev–Trinajstić information content (AvgIpc) is 2.21. The van der Waals surface area contributed by atoms with E-state index in [0.717, 1.165) is 25.7 Å². The number of hydrogen-bond acceptors (Lipinski definition) is 2. The van der Waals surface area contributed by atoms with Crippen LogP contribution in [0.1, 0.15) is 32.1 Å². The number of ketones is 1. The van der Waals surface area contributed by atoms with Crippen LogP contribution in [0.3, 0.4) is 0 Å². The van der Waals surface area contributed by atoms with Gasteiger partial charge in [0.1, 0.15) is 11.9 Å². The molecule has 2 aliphatic carbocycles. The Labute approximate surface area is 84.6 Å². The van der Waals surface area contributed by atoms with E-state index in [4.69, 9.17) is 5.11 Å². The first-order chi connectivity index (χ1) is 6.79. The van der Waals surface area contributed by atoms with E-state index < -0.39 is 0 Å². The number of rotatable bonds is 0. The number of hydrogen-bond donors (Lipinski definition) is 1. The lowest BCUT2D eigenvalue weighted by atomic mass is 10.00. The molecule has 1 N–H and O–H groups in total. The molecular weight excluding hydrogens is 176 g/mol. The fourth-order valence-electron chi connectivity index (χ4n) is 1.33. The Bertz CT molecular complexity index is 264. The summed E-state index contributed by atoms with van der Waals surface area (Å²) < 4.78 is 0. The third-order valence-electron chi connectivity index (χ3n) is 2.10. The molecule has 0 heterocycles. The van der Waals surface area contributed by atoms with Crippen molar-refractivity contribution in [2.75, 3.05) is 0 Å². The third-order valence-corrected chi connectivity index (χ3v) is 2.10. The molecule has 1 saturated carbocycles. The van der Waals surface area contributed by atoms with Gasteiger partial charge in [-0.25, -0.2) is 0 Å². The van der Waals surface area contributed by atoms with E-state index in [2.05, 4.69) is 6.08 Å². The van der Waals surface area contributed by atoms with Crippen LogP contribution in [-0.4, -0.2) is 10.9 Å². The summed E-state index contributed by atoms with van der Waals surface area (Å²) in [6.45, 7) is 0. The van der Waals surface area contributed by atoms with Gasteiger partial charge in [0, 0.05) is 18.9 Å². The minimum atomic E-state index is 0.197. The van der Waals surface area contributed by atoms with E-state index in [9.17, 15) is 4.79 Å². The minimum Gasteiger partial charge on any atom is -0.481 e. The molecule has 14 heavy (non-hydrogen) atoms. The number of carbonyl (C=O) groups is 1. The van der Waals surface area contributed by atoms with Gasteiger partial charge in [-0.1, -0.05) is 6.42 Å². The molecule has 0 aliphatic heterocycles. The maximum atomic E-state index is 10.5. The van der Waals surface area contributed by atoms with Gasteiger partial charge in [0.2, 0.25) is 0 Å². The summed E-state index contributed by atoms with van der Waals surface area (Å²) in [7, 11) is 0. The molecule has 0 saturated heterocycles. The van der Waals surface area contributed by atoms with Crippen molar-refractivity contribution >= 4 is 5.78 Å². The van der Waals surface area contributed by atoms with Crippen LogP contribution < -0.4 is 0 Å². The molecular formula is C12H15O2+. The zero-order valence-corrected chi connectivity index (χ0v) is 8.20. The molecule has 0 aromatic rings. The molecule has 2 aliphatic rings. The van der Waals surface area contributed by atoms with Gasteiger partial charge < -0.3 is 5.11 Å². The van der Waals surface area contributed by atoms with E-state index in [1.807, 2.05) is 0 Å². The van der Waals surface area contributed by atoms with Crippen molar-refractivity contribution in [2.45, 2.75) is 32.1 Å². The number of Topliss-reactive ketones (excluding diaryl/α,β-unsaturated/α-hetero) is 1. The lowest BCUT2D eigenvalue weighted by Gasteiger charge is -2.05. The van der Waals surface area contributed by atoms with Crippen molar-refractivity contribution < 1.29 is 9.90 Å². The van der Waals surface area contributed by atoms with Crippen LogP contribution in [0.25, 0.3) is 0 Å². The molecule has 0 aromatic heterocycles. The first kappa shape index (κ1) is 10.7. The quantitative estimate of drug-likeness (QED) is 0.598. The lowest BCUT2D eigenvalue weighted by molar-refractivity contribution is -0.120. The van der Waals surface area contributed by atoms with Crippen molar-refractivity contribution in [3.63, 3.8) is 0 Å². The van der Waals surface area contributed by atoms with Crippen molar-refractivity contribution in [3.05, 3.63) is 36.1 Å². The smallest absolute Gasteiger partial charge is 0.286 e. The van der Waals surface area contributed by atoms with Crippen molar-refractivity contribution in [1.82, 2.24) is 0 Å². The highest BCUT2D eigenvalue weighted by molar-refractivity contribution is 5.78. The standard InChI is InChI=1S/C6H10O.C6H4O/c2*7-6-4-2-1-3-5-6/h1-5H2;1-4H/p+1. The normalized spacial score (nSPS) is 19.1. The van der Waals surface area contributed by atoms with Gasteiger partial charge in [0.15, 0.2) is 0 Å². The second-order valence-corrected chi connectivity index (χ2v) is 3.35. The highest BCUT2D eigenvalue weighted by Gasteiger charge is 2.05. The zero-order chi connectivity index (χ0) is 10.2. The molecule has 0 amide bonds. The summed E-state index contributed by atoms with van der Waals surface area (Å²) in [4.78, 5) is 10.5. The van der Waals surface area contributed by atoms with E-state index in [1.54, 1.807) is 24.3 Å². The van der Waals surface area contributed by atoms with Crippen molar-refractivity contribution in [2.24, 2.45) is 0 Å². The number of carbonyl (C=O) groups excluding carboxylic acids is 1. The highest BCUT2D eigenvalue weighted by Crippen LogP contribution is 2.12. The first-order valence-corrected chi connectivity index (χ1v) is 4.96. The molecule has 2 heteroatoms. The summed E-state index contributed by atoms with van der Waals surface area (Å²) in [5, 5.41) is 8.58. The predicted molar refractivity (Wildman–Crippen MR) is 55.8 cm³/mol. The van der Waals surface area contributed by atoms with Gasteiger partial charge >= 0.3 is 0 Å². The fraction of sp³-hybridized carbons (Fsp3) is 0.417. The second kappa shape index (κ2) is 6.11. The van der Waals surface area contributed by atoms with Gasteiger partial charge in [-0.05, 0) is 12.8 Å². The number of aliphatic hydroxyl groups is 1. The topological polar surface area (TPSA) is 37.3 Å². The number of allylic oxidation sites excluding steroid dienone is 5. The first-order valence-electron chi connectivity index (χ1n) is 4.96. The third kappa shape index (κ3) is 4.58. The SMILES string of the molecule is O=C1CCCCC1.OC1=CC=CC=[C+]1. The summed E-state index contributed by atoms with van der Waals surface area (Å²) in [6, 6.07) is 0. The summed E-state index contributed by atoms with van der Waals surface area (Å²) in [6.07, 6.45) is 14.6. The maximum Gasteiger partial charge on any atom is 0.286 e. The number of aliphatic hydroxyl groups excluding tert-OH is 1. The average molecular weight is 191 g/mol. The molecule has 0 bridgehead atoms. The monoisotopic (exact) mass is 191 g/mol. The van der Waals surface area contributed by atoms with Gasteiger partial charge in [-0.3, -0.25) is 4.79 Å². The predicted octanol–water partition coefficient (Wildman–Crippen LogP) is 2.88. The van der Waals surface area contributed by atoms with Crippen LogP contribution >= 0.6 is 0 Å². The highest BCUT2D eigenvalue weighted by atomic mass is 16.3. The second-order valence-electron chi connectivity index (χ2n) is 3.35. The minimum absolute atomic E-state index is 0.197. The Morgan fingerprint density at radius 2 is 1.86 bits per heavy atom. The van der Waals surface area contributed by atoms with Gasteiger partial charge in [0.25, 0.3) is 5.76 Å². The Kier molecular flexibility index (Phi) is 4.66. The van der Waals surface area contributed by atoms with E-state index in [1.165, 1.54) is 6.42 Å². The van der Waals surface area contributed by atoms with Crippen molar-refractivity contribution in [3.8, 4) is 0 Å². The Morgan fingerprint density at radius 3 is 2.14 bits per heavy atom. The fourth-order valence-corrected chi connectivity index (χ4v) is 1.33. The molecule has 0 radical (unpaired) electrons. The summed E-state index contributed by atoms with van der Waals surface area (Å²) in [5.74, 6) is 0.661. The molecule has 0 unspecified atom stereocenters. The van der Waals surface area contributed by atoms with Crippen LogP contribution in [0, 0.1) is 6.08 Å². The Morgan fingerprint density at radius 1 is 1.14 bits per heavy atom. The molecule has 74 valence electrons. The van der Waals surface area contributed by atoms with Crippen molar-refractivity contribution in [1.29, 1.82) is 0 Å². The maximum absolute atomic E-state index is 10.5. The molecule has 1 fully saturated rings. The van der Waals surface area contributed by atoms with Gasteiger partial charge in [-0.2, -0.15) is 0 Å². The molecule has 0 spiro atoms. The zero-order valence-electron chi connectivity index (χ0n) is 8.20. The van der Waals surface area contributed by atoms with E-state index in [-0.39, 0.29) is 5.76 Å². The van der Waals surface area contributed by atoms with Crippen LogP contribution in [0.5, 0.6) is 0 Å². The Balaban J connectivity index is 0.000000140. The van der Waals surface area contributed by atoms with Crippen LogP contribution in [-0.2, 0) is 4.79 Å². The Hall–Kier alpha value is -1.40. The molecule has 2 rings (SSSR count). The largest absolute Gasteiger partial charge is 0.481 e. The van der Waals surface area contributed by atoms with Crippen LogP contribution in [0.2, 0.25) is 0 Å². The molecule has 2 nitrogen and oxygen atoms in total. The lowest BCUT2D eigenvalue weighted by Crippen LogP contribution is -2.02. The van der Waals surface area contributed by atoms with Gasteiger partial charge in [-0.15, -0.1) is 0 Å². The summed E-state index contributed by atoms with van der Waals surface area (Å²) >= 11 is 0. The molecule has 0 atom stereocenters. The summed E-state index contributed by atoms with van der Waals surface area (Å²) in [5.41, 5.74) is 0. The van der Waals surface area contributed by atoms with E-state index in [0.29, 0.717) is 5.78 Å². The van der Waals surface area contributed by atoms with E-state index >= 15 is 0 Å².